The molecule has 0 aliphatic carbocycles. The van der Waals surface area contributed by atoms with Gasteiger partial charge in [-0.25, -0.2) is 9.79 Å². The Kier molecular flexibility index (Phi) is 11.4. The van der Waals surface area contributed by atoms with Crippen molar-refractivity contribution in [3.8, 4) is 0 Å². The van der Waals surface area contributed by atoms with Gasteiger partial charge in [0.15, 0.2) is 5.96 Å². The van der Waals surface area contributed by atoms with Gasteiger partial charge in [0.25, 0.3) is 0 Å². The van der Waals surface area contributed by atoms with Crippen molar-refractivity contribution < 1.29 is 9.59 Å². The van der Waals surface area contributed by atoms with E-state index in [0.717, 1.165) is 43.7 Å². The topological polar surface area (TPSA) is 97.9 Å². The number of amides is 3. The molecule has 0 atom stereocenters. The summed E-state index contributed by atoms with van der Waals surface area (Å²) in [5, 5.41) is 11.8. The zero-order chi connectivity index (χ0) is 20.4. The van der Waals surface area contributed by atoms with Crippen LogP contribution in [-0.2, 0) is 11.3 Å². The van der Waals surface area contributed by atoms with Crippen LogP contribution in [0.1, 0.15) is 39.2 Å². The van der Waals surface area contributed by atoms with E-state index in [1.54, 1.807) is 0 Å². The van der Waals surface area contributed by atoms with Crippen molar-refractivity contribution in [3.63, 3.8) is 0 Å². The van der Waals surface area contributed by atoms with Crippen LogP contribution < -0.4 is 21.3 Å². The number of urea groups is 1. The summed E-state index contributed by atoms with van der Waals surface area (Å²) in [5.74, 6) is 0.728. The number of rotatable bonds is 7. The summed E-state index contributed by atoms with van der Waals surface area (Å²) in [6.45, 7) is 8.96. The first-order valence-corrected chi connectivity index (χ1v) is 9.94. The Bertz CT molecular complexity index is 672. The number of halogens is 1. The van der Waals surface area contributed by atoms with E-state index in [9.17, 15) is 9.59 Å². The first-order chi connectivity index (χ1) is 13.5. The van der Waals surface area contributed by atoms with Crippen molar-refractivity contribution in [3.05, 3.63) is 29.8 Å². The summed E-state index contributed by atoms with van der Waals surface area (Å²) in [6.07, 6.45) is 2.17. The van der Waals surface area contributed by atoms with E-state index in [2.05, 4.69) is 26.3 Å². The van der Waals surface area contributed by atoms with Crippen molar-refractivity contribution in [1.82, 2.24) is 20.9 Å². The number of hydrogen-bond acceptors (Lipinski definition) is 3. The Morgan fingerprint density at radius 3 is 2.34 bits per heavy atom. The molecule has 0 saturated carbocycles. The van der Waals surface area contributed by atoms with Gasteiger partial charge in [-0.1, -0.05) is 12.1 Å². The van der Waals surface area contributed by atoms with Crippen LogP contribution in [0.2, 0.25) is 0 Å². The zero-order valence-corrected chi connectivity index (χ0v) is 19.8. The van der Waals surface area contributed by atoms with Gasteiger partial charge in [0.2, 0.25) is 5.91 Å². The normalized spacial score (nSPS) is 13.7. The molecule has 0 spiro atoms. The molecule has 1 aromatic rings. The maximum absolute atomic E-state index is 12.2. The molecular weight excluding hydrogens is 483 g/mol. The molecule has 1 fully saturated rings. The maximum atomic E-state index is 12.2. The van der Waals surface area contributed by atoms with Crippen molar-refractivity contribution in [2.24, 2.45) is 4.99 Å². The monoisotopic (exact) mass is 516 g/mol. The Hall–Kier alpha value is -2.04. The highest BCUT2D eigenvalue weighted by Gasteiger charge is 2.17. The SMILES string of the molecule is CCNC(=NCc1ccc(NC(=O)NC(C)C)cc1)NCC(=O)N1CCCC1.I. The molecular formula is C20H33IN6O2. The molecule has 0 unspecified atom stereocenters. The fraction of sp³-hybridized carbons (Fsp3) is 0.550. The second-order valence-electron chi connectivity index (χ2n) is 7.09. The first-order valence-electron chi connectivity index (χ1n) is 9.94. The molecule has 1 aliphatic heterocycles. The fourth-order valence-corrected chi connectivity index (χ4v) is 2.87. The molecule has 4 N–H and O–H groups in total. The number of carbonyl (C=O) groups excluding carboxylic acids is 2. The minimum absolute atomic E-state index is 0. The minimum atomic E-state index is -0.220. The molecule has 162 valence electrons. The Balaban J connectivity index is 0.00000420. The molecule has 1 aliphatic rings. The molecule has 9 heteroatoms. The lowest BCUT2D eigenvalue weighted by Gasteiger charge is -2.17. The summed E-state index contributed by atoms with van der Waals surface area (Å²) in [4.78, 5) is 30.3. The molecule has 0 aromatic heterocycles. The molecule has 8 nitrogen and oxygen atoms in total. The highest BCUT2D eigenvalue weighted by Crippen LogP contribution is 2.10. The average Bonchev–Trinajstić information content (AvgIpc) is 3.19. The van der Waals surface area contributed by atoms with Crippen LogP contribution >= 0.6 is 24.0 Å². The van der Waals surface area contributed by atoms with Gasteiger partial charge in [-0.2, -0.15) is 0 Å². The van der Waals surface area contributed by atoms with Crippen LogP contribution in [0.25, 0.3) is 0 Å². The lowest BCUT2D eigenvalue weighted by molar-refractivity contribution is -0.128. The molecule has 1 heterocycles. The summed E-state index contributed by atoms with van der Waals surface area (Å²) in [7, 11) is 0. The van der Waals surface area contributed by atoms with Crippen LogP contribution in [0.15, 0.2) is 29.3 Å². The van der Waals surface area contributed by atoms with Crippen LogP contribution in [0.4, 0.5) is 10.5 Å². The standard InChI is InChI=1S/C20H32N6O2.HI/c1-4-21-19(23-14-18(27)26-11-5-6-12-26)22-13-16-7-9-17(10-8-16)25-20(28)24-15(2)3;/h7-10,15H,4-6,11-14H2,1-3H3,(H2,21,22,23)(H2,24,25,28);1H. The molecule has 3 amide bonds. The van der Waals surface area contributed by atoms with Crippen molar-refractivity contribution in [2.45, 2.75) is 46.2 Å². The first kappa shape index (κ1) is 25.0. The average molecular weight is 516 g/mol. The molecule has 1 aromatic carbocycles. The largest absolute Gasteiger partial charge is 0.357 e. The lowest BCUT2D eigenvalue weighted by Crippen LogP contribution is -2.44. The quantitative estimate of drug-likeness (QED) is 0.255. The van der Waals surface area contributed by atoms with Crippen LogP contribution in [-0.4, -0.2) is 55.0 Å². The third-order valence-corrected chi connectivity index (χ3v) is 4.26. The van der Waals surface area contributed by atoms with E-state index in [1.807, 2.05) is 49.9 Å². The van der Waals surface area contributed by atoms with E-state index >= 15 is 0 Å². The molecule has 0 radical (unpaired) electrons. The van der Waals surface area contributed by atoms with Gasteiger partial charge in [-0.05, 0) is 51.3 Å². The number of likely N-dealkylation sites (tertiary alicyclic amines) is 1. The fourth-order valence-electron chi connectivity index (χ4n) is 2.87. The lowest BCUT2D eigenvalue weighted by atomic mass is 10.2. The predicted octanol–water partition coefficient (Wildman–Crippen LogP) is 2.51. The number of hydrogen-bond donors (Lipinski definition) is 4. The van der Waals surface area contributed by atoms with E-state index in [-0.39, 0.29) is 48.5 Å². The molecule has 2 rings (SSSR count). The van der Waals surface area contributed by atoms with Crippen molar-refractivity contribution in [1.29, 1.82) is 0 Å². The Morgan fingerprint density at radius 1 is 1.10 bits per heavy atom. The Labute approximate surface area is 190 Å². The minimum Gasteiger partial charge on any atom is -0.357 e. The third-order valence-electron chi connectivity index (χ3n) is 4.26. The molecule has 0 bridgehead atoms. The number of nitrogens with zero attached hydrogens (tertiary/aromatic N) is 2. The summed E-state index contributed by atoms with van der Waals surface area (Å²) < 4.78 is 0. The van der Waals surface area contributed by atoms with E-state index in [4.69, 9.17) is 0 Å². The summed E-state index contributed by atoms with van der Waals surface area (Å²) >= 11 is 0. The van der Waals surface area contributed by atoms with Crippen LogP contribution in [0.3, 0.4) is 0 Å². The second-order valence-corrected chi connectivity index (χ2v) is 7.09. The number of guanidine groups is 1. The molecule has 1 saturated heterocycles. The second kappa shape index (κ2) is 13.2. The van der Waals surface area contributed by atoms with Gasteiger partial charge in [-0.3, -0.25) is 4.79 Å². The summed E-state index contributed by atoms with van der Waals surface area (Å²) in [6, 6.07) is 7.41. The zero-order valence-electron chi connectivity index (χ0n) is 17.5. The predicted molar refractivity (Wildman–Crippen MR) is 128 cm³/mol. The van der Waals surface area contributed by atoms with E-state index < -0.39 is 0 Å². The summed E-state index contributed by atoms with van der Waals surface area (Å²) in [5.41, 5.74) is 1.74. The maximum Gasteiger partial charge on any atom is 0.319 e. The van der Waals surface area contributed by atoms with Crippen molar-refractivity contribution in [2.75, 3.05) is 31.5 Å². The van der Waals surface area contributed by atoms with Crippen LogP contribution in [0.5, 0.6) is 0 Å². The number of carbonyl (C=O) groups is 2. The number of aliphatic imine (C=N–C) groups is 1. The van der Waals surface area contributed by atoms with Gasteiger partial charge >= 0.3 is 6.03 Å². The van der Waals surface area contributed by atoms with Crippen molar-refractivity contribution >= 4 is 47.6 Å². The smallest absolute Gasteiger partial charge is 0.319 e. The number of anilines is 1. The van der Waals surface area contributed by atoms with Gasteiger partial charge < -0.3 is 26.2 Å². The Morgan fingerprint density at radius 2 is 1.76 bits per heavy atom. The van der Waals surface area contributed by atoms with E-state index in [0.29, 0.717) is 12.5 Å². The van der Waals surface area contributed by atoms with Gasteiger partial charge in [0, 0.05) is 31.4 Å². The van der Waals surface area contributed by atoms with E-state index in [1.165, 1.54) is 0 Å². The highest BCUT2D eigenvalue weighted by atomic mass is 127. The van der Waals surface area contributed by atoms with Crippen LogP contribution in [0, 0.1) is 0 Å². The van der Waals surface area contributed by atoms with Gasteiger partial charge in [0.05, 0.1) is 13.1 Å². The highest BCUT2D eigenvalue weighted by molar-refractivity contribution is 14.0. The van der Waals surface area contributed by atoms with Gasteiger partial charge in [-0.15, -0.1) is 24.0 Å². The molecule has 29 heavy (non-hydrogen) atoms. The number of benzene rings is 1. The number of nitrogens with one attached hydrogen (secondary N) is 4. The van der Waals surface area contributed by atoms with Gasteiger partial charge in [0.1, 0.15) is 0 Å². The third kappa shape index (κ3) is 9.33.